The lowest BCUT2D eigenvalue weighted by molar-refractivity contribution is -0.392. The maximum absolute atomic E-state index is 13.1. The van der Waals surface area contributed by atoms with Crippen LogP contribution in [0.15, 0.2) is 47.1 Å². The van der Waals surface area contributed by atoms with Gasteiger partial charge in [-0.2, -0.15) is 56.7 Å². The second-order valence-corrected chi connectivity index (χ2v) is 6.24. The predicted octanol–water partition coefficient (Wildman–Crippen LogP) is 4.90. The third kappa shape index (κ3) is 4.16. The van der Waals surface area contributed by atoms with Gasteiger partial charge in [-0.1, -0.05) is 18.2 Å². The molecular formula is C12H5F11O4S. The normalized spacial score (nSPS) is 15.2. The molecule has 0 aliphatic rings. The van der Waals surface area contributed by atoms with E-state index in [4.69, 9.17) is 0 Å². The Balaban J connectivity index is 3.19. The average Bonchev–Trinajstić information content (AvgIpc) is 2.58. The zero-order valence-electron chi connectivity index (χ0n) is 12.6. The van der Waals surface area contributed by atoms with Gasteiger partial charge in [-0.3, -0.25) is 4.89 Å². The van der Waals surface area contributed by atoms with Crippen LogP contribution in [0.1, 0.15) is 0 Å². The van der Waals surface area contributed by atoms with E-state index in [0.29, 0.717) is 0 Å². The molecule has 0 radical (unpaired) electrons. The van der Waals surface area contributed by atoms with Gasteiger partial charge < -0.3 is 0 Å². The van der Waals surface area contributed by atoms with Crippen LogP contribution < -0.4 is 0 Å². The van der Waals surface area contributed by atoms with E-state index in [-0.39, 0.29) is 0 Å². The van der Waals surface area contributed by atoms with Crippen molar-refractivity contribution in [3.63, 3.8) is 0 Å². The molecule has 0 aromatic heterocycles. The van der Waals surface area contributed by atoms with Crippen molar-refractivity contribution in [1.82, 2.24) is 0 Å². The van der Waals surface area contributed by atoms with E-state index >= 15 is 0 Å². The van der Waals surface area contributed by atoms with Crippen molar-refractivity contribution in [2.24, 2.45) is 0 Å². The number of allylic oxidation sites excluding steroid dienone is 1. The van der Waals surface area contributed by atoms with Gasteiger partial charge in [0.1, 0.15) is 0 Å². The van der Waals surface area contributed by atoms with Gasteiger partial charge in [0.25, 0.3) is 5.83 Å². The minimum atomic E-state index is -7.53. The van der Waals surface area contributed by atoms with Crippen LogP contribution >= 0.6 is 0 Å². The third-order valence-corrected chi connectivity index (χ3v) is 3.92. The Labute approximate surface area is 148 Å². The Morgan fingerprint density at radius 3 is 1.68 bits per heavy atom. The Morgan fingerprint density at radius 1 is 0.786 bits per heavy atom. The Bertz CT molecular complexity index is 831. The molecule has 0 spiro atoms. The van der Waals surface area contributed by atoms with Gasteiger partial charge in [-0.25, -0.2) is 0 Å². The highest BCUT2D eigenvalue weighted by molar-refractivity contribution is 7.86. The molecule has 28 heavy (non-hydrogen) atoms. The van der Waals surface area contributed by atoms with E-state index in [1.165, 1.54) is 6.07 Å². The molecular weight excluding hydrogens is 449 g/mol. The van der Waals surface area contributed by atoms with E-state index in [1.54, 1.807) is 0 Å². The summed E-state index contributed by atoms with van der Waals surface area (Å²) in [5, 5.41) is 0. The summed E-state index contributed by atoms with van der Waals surface area (Å²) in [6.45, 7) is 0. The monoisotopic (exact) mass is 454 g/mol. The lowest BCUT2D eigenvalue weighted by Crippen LogP contribution is -2.61. The second-order valence-electron chi connectivity index (χ2n) is 4.73. The molecule has 1 aromatic carbocycles. The molecule has 0 atom stereocenters. The third-order valence-electron chi connectivity index (χ3n) is 2.82. The predicted molar refractivity (Wildman–Crippen MR) is 65.9 cm³/mol. The van der Waals surface area contributed by atoms with Crippen molar-refractivity contribution >= 4 is 10.1 Å². The van der Waals surface area contributed by atoms with Crippen LogP contribution in [0.25, 0.3) is 0 Å². The summed E-state index contributed by atoms with van der Waals surface area (Å²) in [4.78, 5) is 2.08. The number of alkyl halides is 9. The quantitative estimate of drug-likeness (QED) is 0.255. The van der Waals surface area contributed by atoms with Gasteiger partial charge in [-0.05, 0) is 16.5 Å². The number of halogens is 11. The maximum atomic E-state index is 13.1. The van der Waals surface area contributed by atoms with Crippen molar-refractivity contribution in [2.45, 2.75) is 28.8 Å². The number of rotatable bonds is 7. The first kappa shape index (κ1) is 23.9. The lowest BCUT2D eigenvalue weighted by Gasteiger charge is -2.32. The maximum Gasteiger partial charge on any atom is 0.460 e. The molecule has 0 aliphatic carbocycles. The van der Waals surface area contributed by atoms with Gasteiger partial charge in [-0.15, -0.1) is 0 Å². The Kier molecular flexibility index (Phi) is 6.31. The summed E-state index contributed by atoms with van der Waals surface area (Å²) in [5.74, 6) is -26.4. The van der Waals surface area contributed by atoms with E-state index in [0.717, 1.165) is 24.3 Å². The van der Waals surface area contributed by atoms with Crippen molar-refractivity contribution in [3.05, 3.63) is 42.2 Å². The Morgan fingerprint density at radius 2 is 1.25 bits per heavy atom. The number of benzene rings is 1. The molecule has 1 aromatic rings. The minimum Gasteiger partial charge on any atom is -0.286 e. The molecule has 0 saturated carbocycles. The lowest BCUT2D eigenvalue weighted by atomic mass is 10.0. The van der Waals surface area contributed by atoms with Crippen LogP contribution in [0.3, 0.4) is 0 Å². The summed E-state index contributed by atoms with van der Waals surface area (Å²) >= 11 is 0. The fraction of sp³-hybridized carbons (Fsp3) is 0.333. The first-order valence-electron chi connectivity index (χ1n) is 6.31. The molecule has 1 rings (SSSR count). The van der Waals surface area contributed by atoms with Crippen LogP contribution in [0.5, 0.6) is 0 Å². The first-order chi connectivity index (χ1) is 12.4. The zero-order chi connectivity index (χ0) is 22.2. The first-order valence-corrected chi connectivity index (χ1v) is 7.72. The topological polar surface area (TPSA) is 52.6 Å². The molecule has 0 amide bonds. The van der Waals surface area contributed by atoms with E-state index in [1.807, 2.05) is 0 Å². The average molecular weight is 454 g/mol. The van der Waals surface area contributed by atoms with E-state index in [9.17, 15) is 56.7 Å². The fourth-order valence-electron chi connectivity index (χ4n) is 1.37. The molecule has 16 heteroatoms. The summed E-state index contributed by atoms with van der Waals surface area (Å²) in [5.41, 5.74) is 0. The summed E-state index contributed by atoms with van der Waals surface area (Å²) < 4.78 is 165. The van der Waals surface area contributed by atoms with Crippen molar-refractivity contribution in [2.75, 3.05) is 0 Å². The highest BCUT2D eigenvalue weighted by Gasteiger charge is 2.83. The summed E-state index contributed by atoms with van der Waals surface area (Å²) in [6, 6.07) is 1.30. The molecule has 0 fully saturated rings. The van der Waals surface area contributed by atoms with Crippen LogP contribution in [0.2, 0.25) is 0 Å². The Hall–Kier alpha value is -2.10. The van der Waals surface area contributed by atoms with E-state index in [2.05, 4.69) is 9.22 Å². The highest BCUT2D eigenvalue weighted by Crippen LogP contribution is 2.55. The number of hydrogen-bond donors (Lipinski definition) is 0. The molecule has 0 N–H and O–H groups in total. The van der Waals surface area contributed by atoms with Gasteiger partial charge in [0.05, 0.1) is 4.90 Å². The highest BCUT2D eigenvalue weighted by atomic mass is 32.2. The summed E-state index contributed by atoms with van der Waals surface area (Å²) in [6.07, 6.45) is -7.27. The van der Waals surface area contributed by atoms with Gasteiger partial charge in [0, 0.05) is 0 Å². The fourth-order valence-corrected chi connectivity index (χ4v) is 2.09. The van der Waals surface area contributed by atoms with Crippen LogP contribution in [0.4, 0.5) is 48.3 Å². The zero-order valence-corrected chi connectivity index (χ0v) is 13.4. The second kappa shape index (κ2) is 7.38. The van der Waals surface area contributed by atoms with Gasteiger partial charge in [0.15, 0.2) is 0 Å². The molecule has 0 unspecified atom stereocenters. The standard InChI is InChI=1S/C12H5F11O4S/c13-7(9(15,16)10(17,18)11(19,20)12(21,22)23)8(14)26-27-28(24,25)6-4-2-1-3-5-6/h1-5H. The van der Waals surface area contributed by atoms with Gasteiger partial charge >= 0.3 is 40.1 Å². The SMILES string of the molecule is O=S(=O)(OOC(F)=C(F)C(F)(F)C(F)(F)C(F)(F)C(F)(F)F)c1ccccc1. The number of hydrogen-bond acceptors (Lipinski definition) is 4. The molecule has 0 heterocycles. The summed E-state index contributed by atoms with van der Waals surface area (Å²) in [7, 11) is -5.15. The molecule has 0 bridgehead atoms. The molecule has 160 valence electrons. The van der Waals surface area contributed by atoms with E-state index < -0.39 is 50.8 Å². The van der Waals surface area contributed by atoms with Crippen molar-refractivity contribution < 1.29 is 65.9 Å². The van der Waals surface area contributed by atoms with Crippen LogP contribution in [0, 0.1) is 0 Å². The van der Waals surface area contributed by atoms with Crippen LogP contribution in [-0.4, -0.2) is 32.4 Å². The molecule has 4 nitrogen and oxygen atoms in total. The molecule has 0 aliphatic heterocycles. The minimum absolute atomic E-state index is 0.767. The van der Waals surface area contributed by atoms with Gasteiger partial charge in [0.2, 0.25) is 0 Å². The van der Waals surface area contributed by atoms with Crippen molar-refractivity contribution in [1.29, 1.82) is 0 Å². The van der Waals surface area contributed by atoms with Crippen molar-refractivity contribution in [3.8, 4) is 0 Å². The smallest absolute Gasteiger partial charge is 0.286 e. The largest absolute Gasteiger partial charge is 0.460 e. The van der Waals surface area contributed by atoms with Crippen LogP contribution in [-0.2, 0) is 19.3 Å². The molecule has 0 saturated heterocycles.